The molecule has 0 fully saturated rings. The first-order valence-corrected chi connectivity index (χ1v) is 7.78. The Bertz CT molecular complexity index is 686. The van der Waals surface area contributed by atoms with Crippen molar-refractivity contribution in [2.24, 2.45) is 0 Å². The summed E-state index contributed by atoms with van der Waals surface area (Å²) in [5.74, 6) is 0.149. The van der Waals surface area contributed by atoms with Gasteiger partial charge >= 0.3 is 0 Å². The van der Waals surface area contributed by atoms with E-state index >= 15 is 0 Å². The zero-order valence-corrected chi connectivity index (χ0v) is 12.2. The molecule has 2 aromatic rings. The van der Waals surface area contributed by atoms with Crippen LogP contribution < -0.4 is 9.42 Å². The van der Waals surface area contributed by atoms with Crippen LogP contribution in [0.2, 0.25) is 0 Å². The average Bonchev–Trinajstić information content (AvgIpc) is 2.47. The van der Waals surface area contributed by atoms with Crippen LogP contribution in [0.4, 0.5) is 0 Å². The van der Waals surface area contributed by atoms with E-state index in [9.17, 15) is 8.42 Å². The SMILES string of the molecule is COc1ccc(-c2cc[n+](CCCS(=O)(=O)O)nc2)nn1. The van der Waals surface area contributed by atoms with Crippen LogP contribution in [0.3, 0.4) is 0 Å². The Morgan fingerprint density at radius 2 is 2.10 bits per heavy atom. The number of aromatic nitrogens is 4. The summed E-state index contributed by atoms with van der Waals surface area (Å²) in [5.41, 5.74) is 1.45. The lowest BCUT2D eigenvalue weighted by molar-refractivity contribution is -0.753. The summed E-state index contributed by atoms with van der Waals surface area (Å²) in [6.07, 6.45) is 3.62. The zero-order valence-electron chi connectivity index (χ0n) is 11.4. The highest BCUT2D eigenvalue weighted by Gasteiger charge is 2.09. The molecule has 21 heavy (non-hydrogen) atoms. The Balaban J connectivity index is 2.01. The number of aryl methyl sites for hydroxylation is 1. The molecule has 0 spiro atoms. The van der Waals surface area contributed by atoms with Crippen LogP contribution in [0.5, 0.6) is 5.88 Å². The lowest BCUT2D eigenvalue weighted by atomic mass is 10.2. The standard InChI is InChI=1S/C12H14N4O4S/c1-20-12-4-3-11(14-15-12)10-5-7-16(13-9-10)6-2-8-21(17,18)19/h3-5,7,9H,2,6,8H2,1H3/p+1. The molecule has 0 radical (unpaired) electrons. The van der Waals surface area contributed by atoms with Crippen LogP contribution in [0, 0.1) is 0 Å². The van der Waals surface area contributed by atoms with Gasteiger partial charge in [-0.3, -0.25) is 4.55 Å². The van der Waals surface area contributed by atoms with E-state index < -0.39 is 10.1 Å². The van der Waals surface area contributed by atoms with Gasteiger partial charge in [0.1, 0.15) is 6.20 Å². The summed E-state index contributed by atoms with van der Waals surface area (Å²) in [6.45, 7) is 0.397. The predicted molar refractivity (Wildman–Crippen MR) is 73.0 cm³/mol. The number of rotatable bonds is 6. The molecule has 112 valence electrons. The summed E-state index contributed by atoms with van der Waals surface area (Å²) in [4.78, 5) is 0. The minimum atomic E-state index is -3.92. The largest absolute Gasteiger partial charge is 0.480 e. The molecule has 0 atom stereocenters. The summed E-state index contributed by atoms with van der Waals surface area (Å²) >= 11 is 0. The van der Waals surface area contributed by atoms with Crippen molar-refractivity contribution >= 4 is 10.1 Å². The van der Waals surface area contributed by atoms with Gasteiger partial charge in [-0.15, -0.1) is 10.2 Å². The van der Waals surface area contributed by atoms with Gasteiger partial charge in [0.25, 0.3) is 10.1 Å². The molecule has 0 saturated carbocycles. The van der Waals surface area contributed by atoms with Gasteiger partial charge in [-0.25, -0.2) is 0 Å². The molecule has 2 rings (SSSR count). The first-order chi connectivity index (χ1) is 9.98. The minimum absolute atomic E-state index is 0.284. The molecule has 0 aliphatic carbocycles. The number of ether oxygens (including phenoxy) is 1. The maximum absolute atomic E-state index is 10.6. The van der Waals surface area contributed by atoms with E-state index in [2.05, 4.69) is 15.3 Å². The van der Waals surface area contributed by atoms with Crippen LogP contribution >= 0.6 is 0 Å². The minimum Gasteiger partial charge on any atom is -0.480 e. The van der Waals surface area contributed by atoms with Gasteiger partial charge in [-0.2, -0.15) is 8.42 Å². The second-order valence-electron chi connectivity index (χ2n) is 4.28. The van der Waals surface area contributed by atoms with E-state index in [1.807, 2.05) is 0 Å². The molecular formula is C12H15N4O4S+. The summed E-state index contributed by atoms with van der Waals surface area (Å²) in [6, 6.07) is 5.28. The molecule has 0 aliphatic heterocycles. The first-order valence-electron chi connectivity index (χ1n) is 6.17. The number of nitrogens with zero attached hydrogens (tertiary/aromatic N) is 4. The molecule has 0 saturated heterocycles. The Morgan fingerprint density at radius 1 is 1.29 bits per heavy atom. The molecule has 1 N–H and O–H groups in total. The summed E-state index contributed by atoms with van der Waals surface area (Å²) < 4.78 is 36.4. The van der Waals surface area contributed by atoms with Crippen molar-refractivity contribution in [3.05, 3.63) is 30.6 Å². The summed E-state index contributed by atoms with van der Waals surface area (Å²) in [7, 11) is -2.41. The van der Waals surface area contributed by atoms with E-state index in [4.69, 9.17) is 9.29 Å². The van der Waals surface area contributed by atoms with Gasteiger partial charge in [0.15, 0.2) is 12.7 Å². The monoisotopic (exact) mass is 311 g/mol. The third kappa shape index (κ3) is 4.72. The maximum atomic E-state index is 10.6. The van der Waals surface area contributed by atoms with Gasteiger partial charge in [-0.05, 0) is 11.2 Å². The highest BCUT2D eigenvalue weighted by molar-refractivity contribution is 7.85. The molecule has 0 bridgehead atoms. The highest BCUT2D eigenvalue weighted by Crippen LogP contribution is 2.15. The van der Waals surface area contributed by atoms with Gasteiger partial charge in [-0.1, -0.05) is 4.68 Å². The van der Waals surface area contributed by atoms with Gasteiger partial charge in [0.2, 0.25) is 5.88 Å². The molecule has 8 nitrogen and oxygen atoms in total. The number of hydrogen-bond acceptors (Lipinski definition) is 6. The Morgan fingerprint density at radius 3 is 2.62 bits per heavy atom. The smallest absolute Gasteiger partial charge is 0.265 e. The quantitative estimate of drug-likeness (QED) is 0.596. The lowest BCUT2D eigenvalue weighted by Crippen LogP contribution is -2.38. The average molecular weight is 311 g/mol. The fraction of sp³-hybridized carbons (Fsp3) is 0.333. The zero-order chi connectivity index (χ0) is 15.3. The molecule has 2 aromatic heterocycles. The normalized spacial score (nSPS) is 11.3. The molecule has 0 aliphatic rings. The first kappa shape index (κ1) is 15.3. The second kappa shape index (κ2) is 6.55. The Labute approximate surface area is 122 Å². The fourth-order valence-electron chi connectivity index (χ4n) is 1.66. The van der Waals surface area contributed by atoms with Crippen LogP contribution in [0.15, 0.2) is 30.6 Å². The van der Waals surface area contributed by atoms with E-state index in [1.165, 1.54) is 7.11 Å². The van der Waals surface area contributed by atoms with Crippen molar-refractivity contribution < 1.29 is 22.4 Å². The van der Waals surface area contributed by atoms with Crippen LogP contribution in [0.1, 0.15) is 6.42 Å². The third-order valence-corrected chi connectivity index (χ3v) is 3.51. The molecule has 0 aromatic carbocycles. The number of hydrogen-bond donors (Lipinski definition) is 1. The fourth-order valence-corrected chi connectivity index (χ4v) is 2.15. The highest BCUT2D eigenvalue weighted by atomic mass is 32.2. The van der Waals surface area contributed by atoms with Crippen LogP contribution in [-0.4, -0.2) is 41.1 Å². The predicted octanol–water partition coefficient (Wildman–Crippen LogP) is 0.113. The van der Waals surface area contributed by atoms with Gasteiger partial charge in [0, 0.05) is 24.1 Å². The van der Waals surface area contributed by atoms with Crippen molar-refractivity contribution in [1.82, 2.24) is 15.3 Å². The van der Waals surface area contributed by atoms with Crippen LogP contribution in [-0.2, 0) is 16.7 Å². The van der Waals surface area contributed by atoms with E-state index in [1.54, 1.807) is 35.3 Å². The van der Waals surface area contributed by atoms with Crippen molar-refractivity contribution in [1.29, 1.82) is 0 Å². The van der Waals surface area contributed by atoms with Crippen molar-refractivity contribution in [3.63, 3.8) is 0 Å². The Hall–Kier alpha value is -2.13. The second-order valence-corrected chi connectivity index (χ2v) is 5.85. The maximum Gasteiger partial charge on any atom is 0.265 e. The summed E-state index contributed by atoms with van der Waals surface area (Å²) in [5, 5.41) is 12.0. The topological polar surface area (TPSA) is 106 Å². The van der Waals surface area contributed by atoms with Crippen LogP contribution in [0.25, 0.3) is 11.3 Å². The molecule has 0 amide bonds. The molecule has 9 heteroatoms. The van der Waals surface area contributed by atoms with Crippen molar-refractivity contribution in [2.45, 2.75) is 13.0 Å². The Kier molecular flexibility index (Phi) is 4.76. The number of methoxy groups -OCH3 is 1. The lowest BCUT2D eigenvalue weighted by Gasteiger charge is -2.00. The molecular weight excluding hydrogens is 296 g/mol. The third-order valence-electron chi connectivity index (χ3n) is 2.71. The molecule has 0 unspecified atom stereocenters. The van der Waals surface area contributed by atoms with E-state index in [0.29, 0.717) is 18.1 Å². The van der Waals surface area contributed by atoms with E-state index in [-0.39, 0.29) is 12.2 Å². The van der Waals surface area contributed by atoms with Crippen molar-refractivity contribution in [3.8, 4) is 17.1 Å². The van der Waals surface area contributed by atoms with Gasteiger partial charge in [0.05, 0.1) is 18.6 Å². The van der Waals surface area contributed by atoms with E-state index in [0.717, 1.165) is 5.56 Å². The van der Waals surface area contributed by atoms with Crippen molar-refractivity contribution in [2.75, 3.05) is 12.9 Å². The molecule has 2 heterocycles. The van der Waals surface area contributed by atoms with Gasteiger partial charge < -0.3 is 4.74 Å².